The van der Waals surface area contributed by atoms with Gasteiger partial charge in [-0.1, -0.05) is 38.1 Å². The van der Waals surface area contributed by atoms with E-state index < -0.39 is 15.8 Å². The van der Waals surface area contributed by atoms with Crippen LogP contribution in [0.1, 0.15) is 26.5 Å². The van der Waals surface area contributed by atoms with Crippen molar-refractivity contribution in [1.82, 2.24) is 5.16 Å². The third kappa shape index (κ3) is 2.98. The fraction of sp³-hybridized carbons (Fsp3) is 0.308. The topological polar surface area (TPSA) is 72.2 Å². The number of sulfonamides is 1. The summed E-state index contributed by atoms with van der Waals surface area (Å²) >= 11 is 0. The Bertz CT molecular complexity index is 717. The highest BCUT2D eigenvalue weighted by atomic mass is 32.2. The molecule has 2 aromatic rings. The fourth-order valence-corrected chi connectivity index (χ4v) is 2.44. The lowest BCUT2D eigenvalue weighted by Crippen LogP contribution is -2.14. The van der Waals surface area contributed by atoms with Crippen molar-refractivity contribution in [1.29, 1.82) is 0 Å². The van der Waals surface area contributed by atoms with Gasteiger partial charge in [0, 0.05) is 11.5 Å². The molecule has 0 spiro atoms. The Labute approximate surface area is 116 Å². The number of nitrogens with one attached hydrogen (secondary N) is 1. The summed E-state index contributed by atoms with van der Waals surface area (Å²) in [7, 11) is -3.99. The molecule has 0 aliphatic heterocycles. The van der Waals surface area contributed by atoms with E-state index in [-0.39, 0.29) is 16.2 Å². The molecule has 1 aromatic heterocycles. The van der Waals surface area contributed by atoms with Crippen LogP contribution in [-0.2, 0) is 15.4 Å². The van der Waals surface area contributed by atoms with Gasteiger partial charge >= 0.3 is 0 Å². The van der Waals surface area contributed by atoms with E-state index in [1.54, 1.807) is 0 Å². The summed E-state index contributed by atoms with van der Waals surface area (Å²) in [5, 5.41) is 3.39. The fourth-order valence-electron chi connectivity index (χ4n) is 1.48. The highest BCUT2D eigenvalue weighted by Gasteiger charge is 2.26. The lowest BCUT2D eigenvalue weighted by atomic mass is 9.93. The molecule has 7 heteroatoms. The van der Waals surface area contributed by atoms with Crippen LogP contribution in [0.4, 0.5) is 10.1 Å². The van der Waals surface area contributed by atoms with Crippen molar-refractivity contribution in [2.24, 2.45) is 0 Å². The molecule has 0 amide bonds. The first-order valence-electron chi connectivity index (χ1n) is 5.95. The maximum Gasteiger partial charge on any atom is 0.298 e. The van der Waals surface area contributed by atoms with Crippen LogP contribution in [0.3, 0.4) is 0 Å². The highest BCUT2D eigenvalue weighted by Crippen LogP contribution is 2.25. The van der Waals surface area contributed by atoms with Crippen molar-refractivity contribution in [3.05, 3.63) is 41.8 Å². The first-order chi connectivity index (χ1) is 9.20. The van der Waals surface area contributed by atoms with Gasteiger partial charge in [-0.2, -0.15) is 8.42 Å². The van der Waals surface area contributed by atoms with E-state index in [0.29, 0.717) is 5.69 Å². The van der Waals surface area contributed by atoms with E-state index in [1.807, 2.05) is 20.8 Å². The number of hydrogen-bond donors (Lipinski definition) is 1. The number of hydrogen-bond acceptors (Lipinski definition) is 4. The Morgan fingerprint density at radius 1 is 1.25 bits per heavy atom. The Kier molecular flexibility index (Phi) is 3.56. The summed E-state index contributed by atoms with van der Waals surface area (Å²) in [6.45, 7) is 5.64. The van der Waals surface area contributed by atoms with Gasteiger partial charge in [0.15, 0.2) is 0 Å². The molecule has 1 aromatic carbocycles. The van der Waals surface area contributed by atoms with Gasteiger partial charge in [-0.05, 0) is 12.1 Å². The van der Waals surface area contributed by atoms with E-state index >= 15 is 0 Å². The average molecular weight is 298 g/mol. The quantitative estimate of drug-likeness (QED) is 0.945. The van der Waals surface area contributed by atoms with E-state index in [9.17, 15) is 12.8 Å². The zero-order valence-corrected chi connectivity index (χ0v) is 12.2. The average Bonchev–Trinajstić information content (AvgIpc) is 2.81. The van der Waals surface area contributed by atoms with Crippen LogP contribution in [-0.4, -0.2) is 13.6 Å². The van der Waals surface area contributed by atoms with Gasteiger partial charge in [-0.3, -0.25) is 4.72 Å². The van der Waals surface area contributed by atoms with Crippen LogP contribution in [0.15, 0.2) is 39.9 Å². The lowest BCUT2D eigenvalue weighted by Gasteiger charge is -2.12. The third-order valence-corrected chi connectivity index (χ3v) is 3.85. The molecule has 1 N–H and O–H groups in total. The molecule has 0 saturated carbocycles. The Morgan fingerprint density at radius 2 is 1.90 bits per heavy atom. The summed E-state index contributed by atoms with van der Waals surface area (Å²) in [5.74, 6) is -0.661. The normalized spacial score (nSPS) is 12.4. The second-order valence-corrected chi connectivity index (χ2v) is 6.98. The van der Waals surface area contributed by atoms with Crippen LogP contribution in [0, 0.1) is 5.82 Å². The minimum absolute atomic E-state index is 0.138. The van der Waals surface area contributed by atoms with Crippen LogP contribution in [0.2, 0.25) is 0 Å². The number of benzene rings is 1. The number of rotatable bonds is 3. The molecule has 0 aliphatic rings. The molecule has 2 rings (SSSR count). The molecular formula is C13H15FN2O3S. The zero-order chi connectivity index (χ0) is 15.0. The molecule has 1 heterocycles. The van der Waals surface area contributed by atoms with Gasteiger partial charge in [0.2, 0.25) is 0 Å². The molecule has 0 fully saturated rings. The molecule has 5 nitrogen and oxygen atoms in total. The van der Waals surface area contributed by atoms with Crippen LogP contribution < -0.4 is 4.72 Å². The SMILES string of the molecule is CC(C)(C)c1cc(S(=O)(=O)Nc2ccccc2F)on1. The molecule has 0 atom stereocenters. The number of anilines is 1. The number of nitrogens with zero attached hydrogens (tertiary/aromatic N) is 1. The van der Waals surface area contributed by atoms with Gasteiger partial charge in [-0.15, -0.1) is 0 Å². The molecule has 0 radical (unpaired) electrons. The van der Waals surface area contributed by atoms with Crippen molar-refractivity contribution in [2.75, 3.05) is 4.72 Å². The summed E-state index contributed by atoms with van der Waals surface area (Å²) < 4.78 is 44.6. The third-order valence-electron chi connectivity index (χ3n) is 2.64. The maximum absolute atomic E-state index is 13.5. The van der Waals surface area contributed by atoms with Crippen molar-refractivity contribution >= 4 is 15.7 Å². The van der Waals surface area contributed by atoms with Gasteiger partial charge < -0.3 is 4.52 Å². The lowest BCUT2D eigenvalue weighted by molar-refractivity contribution is 0.327. The van der Waals surface area contributed by atoms with Crippen LogP contribution in [0.5, 0.6) is 0 Å². The number of aromatic nitrogens is 1. The van der Waals surface area contributed by atoms with E-state index in [4.69, 9.17) is 4.52 Å². The van der Waals surface area contributed by atoms with E-state index in [1.165, 1.54) is 30.3 Å². The summed E-state index contributed by atoms with van der Waals surface area (Å²) in [4.78, 5) is 0. The van der Waals surface area contributed by atoms with E-state index in [2.05, 4.69) is 9.88 Å². The molecule has 0 aliphatic carbocycles. The smallest absolute Gasteiger partial charge is 0.298 e. The van der Waals surface area contributed by atoms with Crippen molar-refractivity contribution < 1.29 is 17.3 Å². The van der Waals surface area contributed by atoms with Gasteiger partial charge in [0.05, 0.1) is 11.4 Å². The second kappa shape index (κ2) is 4.90. The Balaban J connectivity index is 2.32. The molecule has 0 saturated heterocycles. The molecule has 0 unspecified atom stereocenters. The molecule has 0 bridgehead atoms. The van der Waals surface area contributed by atoms with Gasteiger partial charge in [-0.25, -0.2) is 4.39 Å². The van der Waals surface area contributed by atoms with Crippen molar-refractivity contribution in [3.8, 4) is 0 Å². The van der Waals surface area contributed by atoms with Crippen LogP contribution >= 0.6 is 0 Å². The van der Waals surface area contributed by atoms with Gasteiger partial charge in [0.25, 0.3) is 15.1 Å². The number of para-hydroxylation sites is 1. The monoisotopic (exact) mass is 298 g/mol. The van der Waals surface area contributed by atoms with E-state index in [0.717, 1.165) is 0 Å². The largest absolute Gasteiger partial charge is 0.342 e. The number of halogens is 1. The Morgan fingerprint density at radius 3 is 2.45 bits per heavy atom. The Hall–Kier alpha value is -1.89. The van der Waals surface area contributed by atoms with Crippen molar-refractivity contribution in [2.45, 2.75) is 31.3 Å². The predicted octanol–water partition coefficient (Wildman–Crippen LogP) is 2.91. The minimum Gasteiger partial charge on any atom is -0.342 e. The summed E-state index contributed by atoms with van der Waals surface area (Å²) in [6.07, 6.45) is 0. The maximum atomic E-state index is 13.5. The highest BCUT2D eigenvalue weighted by molar-refractivity contribution is 7.92. The van der Waals surface area contributed by atoms with Crippen LogP contribution in [0.25, 0.3) is 0 Å². The standard InChI is InChI=1S/C13H15FN2O3S/c1-13(2,3)11-8-12(19-15-11)20(17,18)16-10-7-5-4-6-9(10)14/h4-8,16H,1-3H3. The summed E-state index contributed by atoms with van der Waals surface area (Å²) in [5.41, 5.74) is 0.0301. The predicted molar refractivity (Wildman–Crippen MR) is 72.4 cm³/mol. The second-order valence-electron chi connectivity index (χ2n) is 5.37. The molecule has 20 heavy (non-hydrogen) atoms. The first kappa shape index (κ1) is 14.5. The summed E-state index contributed by atoms with van der Waals surface area (Å²) in [6, 6.07) is 6.83. The minimum atomic E-state index is -3.99. The van der Waals surface area contributed by atoms with Crippen molar-refractivity contribution in [3.63, 3.8) is 0 Å². The zero-order valence-electron chi connectivity index (χ0n) is 11.3. The molecular weight excluding hydrogens is 283 g/mol. The van der Waals surface area contributed by atoms with Gasteiger partial charge in [0.1, 0.15) is 5.82 Å². The molecule has 108 valence electrons. The first-order valence-corrected chi connectivity index (χ1v) is 7.43.